The van der Waals surface area contributed by atoms with Crippen molar-refractivity contribution >= 4 is 40.5 Å². The first-order valence-corrected chi connectivity index (χ1v) is 8.43. The number of rotatable bonds is 3. The third-order valence-electron chi connectivity index (χ3n) is 4.37. The van der Waals surface area contributed by atoms with Gasteiger partial charge in [-0.3, -0.25) is 0 Å². The van der Waals surface area contributed by atoms with Crippen molar-refractivity contribution in [2.75, 3.05) is 5.32 Å². The minimum atomic E-state index is 0.452. The Kier molecular flexibility index (Phi) is 5.50. The molecule has 1 aliphatic rings. The van der Waals surface area contributed by atoms with E-state index in [4.69, 9.17) is 34.8 Å². The van der Waals surface area contributed by atoms with Crippen LogP contribution >= 0.6 is 34.8 Å². The van der Waals surface area contributed by atoms with E-state index in [1.165, 1.54) is 19.3 Å². The van der Waals surface area contributed by atoms with Crippen molar-refractivity contribution in [3.63, 3.8) is 0 Å². The molecule has 3 unspecified atom stereocenters. The van der Waals surface area contributed by atoms with E-state index < -0.39 is 0 Å². The molecule has 0 bridgehead atoms. The number of benzene rings is 1. The van der Waals surface area contributed by atoms with Gasteiger partial charge in [0.2, 0.25) is 0 Å². The van der Waals surface area contributed by atoms with Crippen LogP contribution in [0.3, 0.4) is 0 Å². The second-order valence-corrected chi connectivity index (χ2v) is 7.54. The van der Waals surface area contributed by atoms with Crippen LogP contribution in [0.25, 0.3) is 0 Å². The SMILES string of the molecule is CC1CCC(C(C)C)C(Nc2cc(Cl)c(Cl)cc2Cl)C1. The highest BCUT2D eigenvalue weighted by Gasteiger charge is 2.31. The Bertz CT molecular complexity index is 473. The molecule has 1 aromatic carbocycles. The fourth-order valence-electron chi connectivity index (χ4n) is 3.20. The second-order valence-electron chi connectivity index (χ2n) is 6.32. The summed E-state index contributed by atoms with van der Waals surface area (Å²) in [5.74, 6) is 2.10. The summed E-state index contributed by atoms with van der Waals surface area (Å²) >= 11 is 18.4. The van der Waals surface area contributed by atoms with Crippen LogP contribution in [0.2, 0.25) is 15.1 Å². The molecule has 20 heavy (non-hydrogen) atoms. The molecule has 0 radical (unpaired) electrons. The molecule has 0 saturated heterocycles. The van der Waals surface area contributed by atoms with E-state index in [-0.39, 0.29) is 0 Å². The van der Waals surface area contributed by atoms with Gasteiger partial charge in [0.15, 0.2) is 0 Å². The van der Waals surface area contributed by atoms with Crippen LogP contribution < -0.4 is 5.32 Å². The highest BCUT2D eigenvalue weighted by Crippen LogP contribution is 2.38. The number of halogens is 3. The van der Waals surface area contributed by atoms with Gasteiger partial charge in [-0.05, 0) is 42.7 Å². The molecule has 0 heterocycles. The van der Waals surface area contributed by atoms with Gasteiger partial charge in [0.25, 0.3) is 0 Å². The first-order chi connectivity index (χ1) is 9.38. The highest BCUT2D eigenvalue weighted by molar-refractivity contribution is 6.44. The van der Waals surface area contributed by atoms with Gasteiger partial charge in [-0.1, -0.05) is 62.0 Å². The van der Waals surface area contributed by atoms with Gasteiger partial charge in [0.05, 0.1) is 20.8 Å². The van der Waals surface area contributed by atoms with Crippen molar-refractivity contribution in [2.24, 2.45) is 17.8 Å². The summed E-state index contributed by atoms with van der Waals surface area (Å²) in [6.07, 6.45) is 3.77. The van der Waals surface area contributed by atoms with Crippen LogP contribution in [0.1, 0.15) is 40.0 Å². The maximum absolute atomic E-state index is 6.28. The van der Waals surface area contributed by atoms with Crippen molar-refractivity contribution in [3.05, 3.63) is 27.2 Å². The largest absolute Gasteiger partial charge is 0.381 e. The molecule has 2 rings (SSSR count). The Morgan fingerprint density at radius 3 is 2.35 bits per heavy atom. The summed E-state index contributed by atoms with van der Waals surface area (Å²) in [5.41, 5.74) is 0.894. The normalized spacial score (nSPS) is 26.9. The third-order valence-corrected chi connectivity index (χ3v) is 5.41. The molecule has 1 N–H and O–H groups in total. The first kappa shape index (κ1) is 16.3. The van der Waals surface area contributed by atoms with E-state index in [0.717, 1.165) is 11.6 Å². The molecule has 1 aromatic rings. The minimum absolute atomic E-state index is 0.452. The second kappa shape index (κ2) is 6.77. The number of hydrogen-bond acceptors (Lipinski definition) is 1. The van der Waals surface area contributed by atoms with Crippen molar-refractivity contribution in [2.45, 2.75) is 46.1 Å². The zero-order valence-corrected chi connectivity index (χ0v) is 14.5. The Morgan fingerprint density at radius 2 is 1.70 bits per heavy atom. The smallest absolute Gasteiger partial charge is 0.0653 e. The van der Waals surface area contributed by atoms with Crippen LogP contribution in [0.5, 0.6) is 0 Å². The minimum Gasteiger partial charge on any atom is -0.381 e. The van der Waals surface area contributed by atoms with Gasteiger partial charge in [-0.25, -0.2) is 0 Å². The van der Waals surface area contributed by atoms with E-state index in [1.54, 1.807) is 6.07 Å². The van der Waals surface area contributed by atoms with Crippen molar-refractivity contribution in [1.29, 1.82) is 0 Å². The quantitative estimate of drug-likeness (QED) is 0.620. The molecule has 1 aliphatic carbocycles. The highest BCUT2D eigenvalue weighted by atomic mass is 35.5. The van der Waals surface area contributed by atoms with E-state index in [1.807, 2.05) is 6.07 Å². The van der Waals surface area contributed by atoms with Crippen LogP contribution in [-0.2, 0) is 0 Å². The number of hydrogen-bond donors (Lipinski definition) is 1. The van der Waals surface area contributed by atoms with Crippen LogP contribution in [-0.4, -0.2) is 6.04 Å². The predicted molar refractivity (Wildman–Crippen MR) is 90.2 cm³/mol. The van der Waals surface area contributed by atoms with Crippen molar-refractivity contribution in [1.82, 2.24) is 0 Å². The summed E-state index contributed by atoms with van der Waals surface area (Å²) in [6, 6.07) is 4.00. The van der Waals surface area contributed by atoms with Gasteiger partial charge in [-0.15, -0.1) is 0 Å². The molecule has 112 valence electrons. The zero-order valence-electron chi connectivity index (χ0n) is 12.2. The molecule has 3 atom stereocenters. The lowest BCUT2D eigenvalue weighted by Crippen LogP contribution is -2.37. The molecular formula is C16H22Cl3N. The van der Waals surface area contributed by atoms with Gasteiger partial charge in [0, 0.05) is 6.04 Å². The standard InChI is InChI=1S/C16H22Cl3N/c1-9(2)11-5-4-10(3)6-15(11)20-16-8-13(18)12(17)7-14(16)19/h7-11,15,20H,4-6H2,1-3H3. The molecule has 4 heteroatoms. The maximum Gasteiger partial charge on any atom is 0.0653 e. The Balaban J connectivity index is 2.20. The molecular weight excluding hydrogens is 313 g/mol. The molecule has 0 amide bonds. The average molecular weight is 335 g/mol. The Hall–Kier alpha value is -0.110. The molecule has 1 nitrogen and oxygen atoms in total. The van der Waals surface area contributed by atoms with Crippen LogP contribution in [0, 0.1) is 17.8 Å². The Morgan fingerprint density at radius 1 is 1.05 bits per heavy atom. The molecule has 0 aromatic heterocycles. The number of anilines is 1. The van der Waals surface area contributed by atoms with Gasteiger partial charge in [-0.2, -0.15) is 0 Å². The fourth-order valence-corrected chi connectivity index (χ4v) is 3.80. The topological polar surface area (TPSA) is 12.0 Å². The van der Waals surface area contributed by atoms with Gasteiger partial charge < -0.3 is 5.32 Å². The Labute approximate surface area is 137 Å². The van der Waals surface area contributed by atoms with E-state index in [9.17, 15) is 0 Å². The predicted octanol–water partition coefficient (Wildman–Crippen LogP) is 6.52. The first-order valence-electron chi connectivity index (χ1n) is 7.29. The molecule has 0 aliphatic heterocycles. The van der Waals surface area contributed by atoms with Gasteiger partial charge >= 0.3 is 0 Å². The summed E-state index contributed by atoms with van der Waals surface area (Å²) in [7, 11) is 0. The van der Waals surface area contributed by atoms with Crippen LogP contribution in [0.15, 0.2) is 12.1 Å². The monoisotopic (exact) mass is 333 g/mol. The molecule has 1 saturated carbocycles. The number of nitrogens with one attached hydrogen (secondary N) is 1. The van der Waals surface area contributed by atoms with Crippen molar-refractivity contribution in [3.8, 4) is 0 Å². The van der Waals surface area contributed by atoms with Crippen molar-refractivity contribution < 1.29 is 0 Å². The lowest BCUT2D eigenvalue weighted by atomic mass is 9.74. The summed E-state index contributed by atoms with van der Waals surface area (Å²) in [4.78, 5) is 0. The maximum atomic E-state index is 6.28. The van der Waals surface area contributed by atoms with Gasteiger partial charge in [0.1, 0.15) is 0 Å². The average Bonchev–Trinajstić information content (AvgIpc) is 2.35. The van der Waals surface area contributed by atoms with E-state index >= 15 is 0 Å². The molecule has 1 fully saturated rings. The van der Waals surface area contributed by atoms with Crippen LogP contribution in [0.4, 0.5) is 5.69 Å². The summed E-state index contributed by atoms with van der Waals surface area (Å²) in [6.45, 7) is 6.92. The summed E-state index contributed by atoms with van der Waals surface area (Å²) < 4.78 is 0. The summed E-state index contributed by atoms with van der Waals surface area (Å²) in [5, 5.41) is 5.29. The van der Waals surface area contributed by atoms with E-state index in [2.05, 4.69) is 26.1 Å². The van der Waals surface area contributed by atoms with E-state index in [0.29, 0.717) is 32.9 Å². The fraction of sp³-hybridized carbons (Fsp3) is 0.625. The lowest BCUT2D eigenvalue weighted by Gasteiger charge is -2.38. The third kappa shape index (κ3) is 3.75. The zero-order chi connectivity index (χ0) is 14.9. The molecule has 0 spiro atoms. The lowest BCUT2D eigenvalue weighted by molar-refractivity contribution is 0.212.